The van der Waals surface area contributed by atoms with Crippen LogP contribution in [0.4, 0.5) is 10.5 Å². The molecule has 0 atom stereocenters. The van der Waals surface area contributed by atoms with Crippen molar-refractivity contribution in [3.05, 3.63) is 77.2 Å². The highest BCUT2D eigenvalue weighted by Gasteiger charge is 2.36. The maximum absolute atomic E-state index is 12.7. The summed E-state index contributed by atoms with van der Waals surface area (Å²) in [5.74, 6) is -0.360. The molecule has 0 aliphatic carbocycles. The molecule has 0 bridgehead atoms. The predicted octanol–water partition coefficient (Wildman–Crippen LogP) is 4.23. The lowest BCUT2D eigenvalue weighted by molar-refractivity contribution is -0.127. The van der Waals surface area contributed by atoms with Crippen molar-refractivity contribution in [2.75, 3.05) is 18.5 Å². The first-order valence-corrected chi connectivity index (χ1v) is 9.74. The number of carbonyl (C=O) groups excluding carboxylic acids is 3. The van der Waals surface area contributed by atoms with Gasteiger partial charge in [-0.1, -0.05) is 48.6 Å². The molecule has 2 aromatic carbocycles. The average molecular weight is 408 g/mol. The molecular weight excluding hydrogens is 388 g/mol. The Hall–Kier alpha value is -3.32. The molecule has 6 nitrogen and oxygen atoms in total. The number of anilines is 1. The topological polar surface area (TPSA) is 75.7 Å². The molecule has 3 rings (SSSR count). The van der Waals surface area contributed by atoms with Crippen LogP contribution >= 0.6 is 11.8 Å². The lowest BCUT2D eigenvalue weighted by atomic mass is 10.2. The molecule has 0 aromatic heterocycles. The van der Waals surface area contributed by atoms with Gasteiger partial charge in [0.05, 0.1) is 4.91 Å². The van der Waals surface area contributed by atoms with Gasteiger partial charge in [0.2, 0.25) is 5.91 Å². The standard InChI is InChI=1S/C22H20N2O4S/c1-3-12-28-18-7-5-4-6-16(18)13-19-21(26)24(22(27)29-19)14-20(25)23-17-10-8-15(2)9-11-17/h3-11,13H,1,12,14H2,2H3,(H,23,25)/b19-13-. The van der Waals surface area contributed by atoms with E-state index < -0.39 is 17.1 Å². The monoisotopic (exact) mass is 408 g/mol. The Morgan fingerprint density at radius 1 is 1.17 bits per heavy atom. The van der Waals surface area contributed by atoms with Gasteiger partial charge in [-0.3, -0.25) is 19.3 Å². The highest BCUT2D eigenvalue weighted by molar-refractivity contribution is 8.18. The average Bonchev–Trinajstić information content (AvgIpc) is 2.96. The van der Waals surface area contributed by atoms with Gasteiger partial charge < -0.3 is 10.1 Å². The van der Waals surface area contributed by atoms with Crippen LogP contribution in [-0.2, 0) is 9.59 Å². The van der Waals surface area contributed by atoms with E-state index in [1.54, 1.807) is 36.4 Å². The maximum Gasteiger partial charge on any atom is 0.294 e. The van der Waals surface area contributed by atoms with Crippen LogP contribution in [0.1, 0.15) is 11.1 Å². The number of hydrogen-bond donors (Lipinski definition) is 1. The van der Waals surface area contributed by atoms with Crippen molar-refractivity contribution in [2.45, 2.75) is 6.92 Å². The molecule has 1 heterocycles. The van der Waals surface area contributed by atoms with Crippen LogP contribution in [0.15, 0.2) is 66.1 Å². The molecule has 1 saturated heterocycles. The fraction of sp³-hybridized carbons (Fsp3) is 0.136. The van der Waals surface area contributed by atoms with Crippen molar-refractivity contribution in [3.63, 3.8) is 0 Å². The Labute approximate surface area is 173 Å². The fourth-order valence-electron chi connectivity index (χ4n) is 2.64. The van der Waals surface area contributed by atoms with Crippen molar-refractivity contribution in [1.29, 1.82) is 0 Å². The van der Waals surface area contributed by atoms with E-state index in [-0.39, 0.29) is 11.4 Å². The molecule has 0 unspecified atom stereocenters. The van der Waals surface area contributed by atoms with Gasteiger partial charge in [-0.25, -0.2) is 0 Å². The molecule has 0 radical (unpaired) electrons. The van der Waals surface area contributed by atoms with E-state index in [4.69, 9.17) is 4.74 Å². The first-order chi connectivity index (χ1) is 14.0. The summed E-state index contributed by atoms with van der Waals surface area (Å²) in [6, 6.07) is 14.4. The number of ether oxygens (including phenoxy) is 1. The van der Waals surface area contributed by atoms with Crippen LogP contribution in [-0.4, -0.2) is 35.1 Å². The quantitative estimate of drug-likeness (QED) is 0.548. The van der Waals surface area contributed by atoms with E-state index in [0.29, 0.717) is 23.6 Å². The third kappa shape index (κ3) is 5.14. The number of para-hydroxylation sites is 1. The maximum atomic E-state index is 12.7. The lowest BCUT2D eigenvalue weighted by Gasteiger charge is -2.12. The number of rotatable bonds is 7. The van der Waals surface area contributed by atoms with Gasteiger partial charge in [0.25, 0.3) is 11.1 Å². The molecule has 7 heteroatoms. The number of nitrogens with one attached hydrogen (secondary N) is 1. The van der Waals surface area contributed by atoms with Gasteiger partial charge in [0.1, 0.15) is 18.9 Å². The molecule has 1 N–H and O–H groups in total. The fourth-order valence-corrected chi connectivity index (χ4v) is 3.47. The second-order valence-corrected chi connectivity index (χ2v) is 7.31. The van der Waals surface area contributed by atoms with Crippen LogP contribution in [0.3, 0.4) is 0 Å². The first-order valence-electron chi connectivity index (χ1n) is 8.92. The number of nitrogens with zero attached hydrogens (tertiary/aromatic N) is 1. The van der Waals surface area contributed by atoms with E-state index in [1.807, 2.05) is 31.2 Å². The van der Waals surface area contributed by atoms with E-state index in [0.717, 1.165) is 22.2 Å². The third-order valence-corrected chi connectivity index (χ3v) is 4.98. The number of thioether (sulfide) groups is 1. The summed E-state index contributed by atoms with van der Waals surface area (Å²) in [5.41, 5.74) is 2.34. The molecular formula is C22H20N2O4S. The Kier molecular flexibility index (Phi) is 6.51. The summed E-state index contributed by atoms with van der Waals surface area (Å²) in [5, 5.41) is 2.21. The summed E-state index contributed by atoms with van der Waals surface area (Å²) < 4.78 is 5.58. The highest BCUT2D eigenvalue weighted by atomic mass is 32.2. The number of aryl methyl sites for hydroxylation is 1. The van der Waals surface area contributed by atoms with Crippen molar-refractivity contribution < 1.29 is 19.1 Å². The van der Waals surface area contributed by atoms with Crippen LogP contribution in [0, 0.1) is 6.92 Å². The largest absolute Gasteiger partial charge is 0.489 e. The summed E-state index contributed by atoms with van der Waals surface area (Å²) in [7, 11) is 0. The minimum atomic E-state index is -0.502. The smallest absolute Gasteiger partial charge is 0.294 e. The number of carbonyl (C=O) groups is 3. The summed E-state index contributed by atoms with van der Waals surface area (Å²) in [6.07, 6.45) is 3.22. The van der Waals surface area contributed by atoms with Gasteiger partial charge in [-0.2, -0.15) is 0 Å². The molecule has 0 saturated carbocycles. The van der Waals surface area contributed by atoms with Crippen molar-refractivity contribution >= 4 is 40.6 Å². The minimum Gasteiger partial charge on any atom is -0.489 e. The van der Waals surface area contributed by atoms with Gasteiger partial charge in [-0.15, -0.1) is 0 Å². The van der Waals surface area contributed by atoms with E-state index in [1.165, 1.54) is 0 Å². The molecule has 3 amide bonds. The Morgan fingerprint density at radius 2 is 1.90 bits per heavy atom. The summed E-state index contributed by atoms with van der Waals surface area (Å²) >= 11 is 0.802. The SMILES string of the molecule is C=CCOc1ccccc1/C=C1\SC(=O)N(CC(=O)Nc2ccc(C)cc2)C1=O. The second kappa shape index (κ2) is 9.25. The number of benzene rings is 2. The Morgan fingerprint density at radius 3 is 2.62 bits per heavy atom. The second-order valence-electron chi connectivity index (χ2n) is 6.32. The van der Waals surface area contributed by atoms with Crippen LogP contribution in [0.2, 0.25) is 0 Å². The molecule has 29 heavy (non-hydrogen) atoms. The van der Waals surface area contributed by atoms with Crippen LogP contribution in [0.25, 0.3) is 6.08 Å². The minimum absolute atomic E-state index is 0.243. The van der Waals surface area contributed by atoms with Crippen molar-refractivity contribution in [2.24, 2.45) is 0 Å². The molecule has 1 aliphatic heterocycles. The van der Waals surface area contributed by atoms with Gasteiger partial charge in [0.15, 0.2) is 0 Å². The van der Waals surface area contributed by atoms with Gasteiger partial charge in [-0.05, 0) is 43.0 Å². The third-order valence-electron chi connectivity index (χ3n) is 4.07. The lowest BCUT2D eigenvalue weighted by Crippen LogP contribution is -2.36. The molecule has 148 valence electrons. The molecule has 0 spiro atoms. The zero-order valence-electron chi connectivity index (χ0n) is 15.9. The van der Waals surface area contributed by atoms with Crippen molar-refractivity contribution in [1.82, 2.24) is 4.90 Å². The van der Waals surface area contributed by atoms with E-state index in [9.17, 15) is 14.4 Å². The first kappa shape index (κ1) is 20.4. The highest BCUT2D eigenvalue weighted by Crippen LogP contribution is 2.33. The van der Waals surface area contributed by atoms with Gasteiger partial charge >= 0.3 is 0 Å². The summed E-state index contributed by atoms with van der Waals surface area (Å²) in [6.45, 7) is 5.54. The van der Waals surface area contributed by atoms with Crippen LogP contribution < -0.4 is 10.1 Å². The zero-order valence-corrected chi connectivity index (χ0v) is 16.7. The number of amides is 3. The molecule has 1 aliphatic rings. The Balaban J connectivity index is 1.71. The number of imide groups is 1. The van der Waals surface area contributed by atoms with Gasteiger partial charge in [0, 0.05) is 11.3 Å². The van der Waals surface area contributed by atoms with Crippen LogP contribution in [0.5, 0.6) is 5.75 Å². The number of hydrogen-bond acceptors (Lipinski definition) is 5. The molecule has 2 aromatic rings. The van der Waals surface area contributed by atoms with E-state index >= 15 is 0 Å². The Bertz CT molecular complexity index is 983. The van der Waals surface area contributed by atoms with E-state index in [2.05, 4.69) is 11.9 Å². The molecule has 1 fully saturated rings. The normalized spacial score (nSPS) is 14.9. The van der Waals surface area contributed by atoms with Crippen molar-refractivity contribution in [3.8, 4) is 5.75 Å². The zero-order chi connectivity index (χ0) is 20.8. The summed E-state index contributed by atoms with van der Waals surface area (Å²) in [4.78, 5) is 38.4. The predicted molar refractivity (Wildman–Crippen MR) is 115 cm³/mol.